The number of rotatable bonds is 5. The zero-order valence-electron chi connectivity index (χ0n) is 16.6. The molecule has 1 aliphatic heterocycles. The fraction of sp³-hybridized carbons (Fsp3) is 0.789. The molecule has 2 atom stereocenters. The number of hydrogen-bond donors (Lipinski definition) is 2. The highest BCUT2D eigenvalue weighted by Gasteiger charge is 2.35. The van der Waals surface area contributed by atoms with Crippen LogP contribution in [-0.4, -0.2) is 43.8 Å². The zero-order valence-corrected chi connectivity index (χ0v) is 17.4. The van der Waals surface area contributed by atoms with E-state index < -0.39 is 0 Å². The minimum Gasteiger partial charge on any atom is -0.377 e. The maximum Gasteiger partial charge on any atom is 0.190 e. The average molecular weight is 367 g/mol. The van der Waals surface area contributed by atoms with Crippen molar-refractivity contribution in [3.05, 3.63) is 15.6 Å². The van der Waals surface area contributed by atoms with Gasteiger partial charge in [-0.25, -0.2) is 4.98 Å². The van der Waals surface area contributed by atoms with Gasteiger partial charge < -0.3 is 15.4 Å². The van der Waals surface area contributed by atoms with Crippen LogP contribution in [0, 0.1) is 25.2 Å². The van der Waals surface area contributed by atoms with E-state index in [1.807, 2.05) is 7.05 Å². The number of guanidine groups is 1. The zero-order chi connectivity index (χ0) is 18.4. The molecule has 6 heteroatoms. The number of aromatic nitrogens is 1. The van der Waals surface area contributed by atoms with Crippen LogP contribution in [0.5, 0.6) is 0 Å². The maximum atomic E-state index is 6.07. The van der Waals surface area contributed by atoms with Crippen molar-refractivity contribution >= 4 is 17.3 Å². The standard InChI is InChI=1S/C19H34N4OS/c1-13-16(25-14(2)23-13)9-10-21-18(20-6)22-12-15-8-7-11-24-17(15)19(3,4)5/h15,17H,7-12H2,1-6H3,(H2,20,21,22). The third-order valence-electron chi connectivity index (χ3n) is 4.70. The van der Waals surface area contributed by atoms with Crippen LogP contribution in [0.15, 0.2) is 4.99 Å². The molecule has 0 aliphatic carbocycles. The quantitative estimate of drug-likeness (QED) is 0.620. The first-order valence-corrected chi connectivity index (χ1v) is 10.1. The van der Waals surface area contributed by atoms with Gasteiger partial charge in [0.25, 0.3) is 0 Å². The summed E-state index contributed by atoms with van der Waals surface area (Å²) in [5.74, 6) is 1.40. The average Bonchev–Trinajstić information content (AvgIpc) is 2.87. The van der Waals surface area contributed by atoms with Crippen LogP contribution in [0.1, 0.15) is 49.2 Å². The van der Waals surface area contributed by atoms with Crippen molar-refractivity contribution in [3.8, 4) is 0 Å². The summed E-state index contributed by atoms with van der Waals surface area (Å²) in [5, 5.41) is 8.06. The second-order valence-corrected chi connectivity index (χ2v) is 9.22. The van der Waals surface area contributed by atoms with Crippen molar-refractivity contribution in [2.45, 2.75) is 60.0 Å². The Morgan fingerprint density at radius 1 is 1.32 bits per heavy atom. The van der Waals surface area contributed by atoms with Crippen molar-refractivity contribution in [1.82, 2.24) is 15.6 Å². The lowest BCUT2D eigenvalue weighted by Gasteiger charge is -2.40. The van der Waals surface area contributed by atoms with Gasteiger partial charge in [0.15, 0.2) is 5.96 Å². The Balaban J connectivity index is 1.80. The van der Waals surface area contributed by atoms with E-state index in [4.69, 9.17) is 4.74 Å². The first-order valence-electron chi connectivity index (χ1n) is 9.30. The summed E-state index contributed by atoms with van der Waals surface area (Å²) >= 11 is 1.78. The molecule has 1 fully saturated rings. The molecule has 0 saturated carbocycles. The molecule has 1 aliphatic rings. The number of ether oxygens (including phenoxy) is 1. The third-order valence-corrected chi connectivity index (χ3v) is 5.83. The molecular weight excluding hydrogens is 332 g/mol. The minimum absolute atomic E-state index is 0.172. The number of aryl methyl sites for hydroxylation is 2. The highest BCUT2D eigenvalue weighted by atomic mass is 32.1. The Morgan fingerprint density at radius 3 is 2.68 bits per heavy atom. The lowest BCUT2D eigenvalue weighted by molar-refractivity contribution is -0.0835. The molecule has 0 amide bonds. The van der Waals surface area contributed by atoms with Gasteiger partial charge in [-0.1, -0.05) is 20.8 Å². The molecule has 5 nitrogen and oxygen atoms in total. The Labute approximate surface area is 156 Å². The van der Waals surface area contributed by atoms with Gasteiger partial charge in [0.1, 0.15) is 0 Å². The van der Waals surface area contributed by atoms with Gasteiger partial charge in [-0.3, -0.25) is 4.99 Å². The molecule has 142 valence electrons. The van der Waals surface area contributed by atoms with Crippen LogP contribution in [0.25, 0.3) is 0 Å². The van der Waals surface area contributed by atoms with Gasteiger partial charge in [0.2, 0.25) is 0 Å². The number of thiazole rings is 1. The van der Waals surface area contributed by atoms with Crippen LogP contribution in [0.3, 0.4) is 0 Å². The van der Waals surface area contributed by atoms with Gasteiger partial charge in [-0.05, 0) is 32.1 Å². The van der Waals surface area contributed by atoms with Crippen LogP contribution >= 0.6 is 11.3 Å². The van der Waals surface area contributed by atoms with E-state index in [1.54, 1.807) is 11.3 Å². The van der Waals surface area contributed by atoms with Gasteiger partial charge in [-0.15, -0.1) is 11.3 Å². The van der Waals surface area contributed by atoms with E-state index in [0.29, 0.717) is 12.0 Å². The molecule has 2 heterocycles. The van der Waals surface area contributed by atoms with Crippen molar-refractivity contribution in [3.63, 3.8) is 0 Å². The summed E-state index contributed by atoms with van der Waals surface area (Å²) in [6, 6.07) is 0. The maximum absolute atomic E-state index is 6.07. The lowest BCUT2D eigenvalue weighted by Crippen LogP contribution is -2.47. The van der Waals surface area contributed by atoms with Crippen molar-refractivity contribution < 1.29 is 4.74 Å². The molecule has 25 heavy (non-hydrogen) atoms. The summed E-state index contributed by atoms with van der Waals surface area (Å²) in [6.07, 6.45) is 3.64. The first kappa shape index (κ1) is 20.2. The third kappa shape index (κ3) is 5.96. The SMILES string of the molecule is CN=C(NCCc1sc(C)nc1C)NCC1CCCOC1C(C)(C)C. The van der Waals surface area contributed by atoms with Gasteiger partial charge in [-0.2, -0.15) is 0 Å². The van der Waals surface area contributed by atoms with Gasteiger partial charge in [0, 0.05) is 44.0 Å². The predicted molar refractivity (Wildman–Crippen MR) is 107 cm³/mol. The fourth-order valence-electron chi connectivity index (χ4n) is 3.56. The normalized spacial score (nSPS) is 22.1. The number of nitrogens with one attached hydrogen (secondary N) is 2. The molecular formula is C19H34N4OS. The molecule has 2 unspecified atom stereocenters. The van der Waals surface area contributed by atoms with Crippen LogP contribution in [-0.2, 0) is 11.2 Å². The number of hydrogen-bond acceptors (Lipinski definition) is 4. The second kappa shape index (κ2) is 8.99. The molecule has 2 N–H and O–H groups in total. The smallest absolute Gasteiger partial charge is 0.190 e. The topological polar surface area (TPSA) is 58.5 Å². The van der Waals surface area contributed by atoms with Gasteiger partial charge >= 0.3 is 0 Å². The largest absolute Gasteiger partial charge is 0.377 e. The van der Waals surface area contributed by atoms with Crippen molar-refractivity contribution in [2.24, 2.45) is 16.3 Å². The number of nitrogens with zero attached hydrogens (tertiary/aromatic N) is 2. The summed E-state index contributed by atoms with van der Waals surface area (Å²) in [4.78, 5) is 10.2. The summed E-state index contributed by atoms with van der Waals surface area (Å²) < 4.78 is 6.07. The molecule has 1 saturated heterocycles. The van der Waals surface area contributed by atoms with Crippen molar-refractivity contribution in [2.75, 3.05) is 26.7 Å². The Hall–Kier alpha value is -1.14. The summed E-state index contributed by atoms with van der Waals surface area (Å²) in [7, 11) is 1.83. The molecule has 0 spiro atoms. The predicted octanol–water partition coefficient (Wildman–Crippen LogP) is 3.31. The highest BCUT2D eigenvalue weighted by Crippen LogP contribution is 2.33. The molecule has 0 bridgehead atoms. The van der Waals surface area contributed by atoms with E-state index in [0.717, 1.165) is 49.2 Å². The number of aliphatic imine (C=N–C) groups is 1. The molecule has 0 aromatic carbocycles. The van der Waals surface area contributed by atoms with Crippen LogP contribution in [0.2, 0.25) is 0 Å². The van der Waals surface area contributed by atoms with E-state index >= 15 is 0 Å². The fourth-order valence-corrected chi connectivity index (χ4v) is 4.49. The lowest BCUT2D eigenvalue weighted by atomic mass is 9.78. The van der Waals surface area contributed by atoms with E-state index in [9.17, 15) is 0 Å². The first-order chi connectivity index (χ1) is 11.8. The van der Waals surface area contributed by atoms with E-state index in [2.05, 4.69) is 55.2 Å². The second-order valence-electron chi connectivity index (χ2n) is 7.93. The Bertz CT molecular complexity index is 576. The van der Waals surface area contributed by atoms with Crippen LogP contribution in [0.4, 0.5) is 0 Å². The van der Waals surface area contributed by atoms with Crippen LogP contribution < -0.4 is 10.6 Å². The molecule has 0 radical (unpaired) electrons. The van der Waals surface area contributed by atoms with E-state index in [-0.39, 0.29) is 5.41 Å². The van der Waals surface area contributed by atoms with Gasteiger partial charge in [0.05, 0.1) is 16.8 Å². The summed E-state index contributed by atoms with van der Waals surface area (Å²) in [6.45, 7) is 13.6. The Morgan fingerprint density at radius 2 is 2.08 bits per heavy atom. The molecule has 1 aromatic rings. The molecule has 1 aromatic heterocycles. The van der Waals surface area contributed by atoms with Crippen molar-refractivity contribution in [1.29, 1.82) is 0 Å². The monoisotopic (exact) mass is 366 g/mol. The Kier molecular flexibility index (Phi) is 7.25. The molecule has 2 rings (SSSR count). The highest BCUT2D eigenvalue weighted by molar-refractivity contribution is 7.11. The van der Waals surface area contributed by atoms with E-state index in [1.165, 1.54) is 11.3 Å². The minimum atomic E-state index is 0.172. The summed E-state index contributed by atoms with van der Waals surface area (Å²) in [5.41, 5.74) is 1.32.